The molecule has 1 rings (SSSR count). The summed E-state index contributed by atoms with van der Waals surface area (Å²) in [6.07, 6.45) is 0. The fourth-order valence-electron chi connectivity index (χ4n) is 0.946. The highest BCUT2D eigenvalue weighted by Gasteiger charge is 2.09. The summed E-state index contributed by atoms with van der Waals surface area (Å²) in [6, 6.07) is 1.97. The number of nitrogens with two attached hydrogens (primary N) is 1. The average Bonchev–Trinajstić information content (AvgIpc) is 2.53. The molecule has 6 nitrogen and oxygen atoms in total. The number of aromatic nitrogens is 1. The minimum Gasteiger partial charge on any atom is -0.382 e. The Morgan fingerprint density at radius 3 is 3.00 bits per heavy atom. The van der Waals surface area contributed by atoms with Crippen molar-refractivity contribution in [3.05, 3.63) is 5.56 Å². The van der Waals surface area contributed by atoms with E-state index >= 15 is 0 Å². The maximum atomic E-state index is 10.6. The quantitative estimate of drug-likeness (QED) is 0.632. The SMILES string of the molecule is CC(=O)NCCNc1snc(N)c1C#N. The van der Waals surface area contributed by atoms with Crippen molar-refractivity contribution >= 4 is 28.3 Å². The van der Waals surface area contributed by atoms with Crippen LogP contribution in [0.2, 0.25) is 0 Å². The van der Waals surface area contributed by atoms with Gasteiger partial charge in [0.25, 0.3) is 0 Å². The Morgan fingerprint density at radius 1 is 1.67 bits per heavy atom. The van der Waals surface area contributed by atoms with Gasteiger partial charge in [0.05, 0.1) is 0 Å². The van der Waals surface area contributed by atoms with Gasteiger partial charge in [-0.2, -0.15) is 9.64 Å². The number of nitriles is 1. The van der Waals surface area contributed by atoms with E-state index < -0.39 is 0 Å². The fourth-order valence-corrected chi connectivity index (χ4v) is 1.63. The fraction of sp³-hybridized carbons (Fsp3) is 0.375. The maximum absolute atomic E-state index is 10.6. The zero-order chi connectivity index (χ0) is 11.3. The summed E-state index contributed by atoms with van der Waals surface area (Å²) in [7, 11) is 0. The molecule has 0 aromatic carbocycles. The van der Waals surface area contributed by atoms with Crippen molar-refractivity contribution < 1.29 is 4.79 Å². The molecule has 1 heterocycles. The first-order valence-corrected chi connectivity index (χ1v) is 5.06. The van der Waals surface area contributed by atoms with Gasteiger partial charge in [-0.05, 0) is 11.5 Å². The monoisotopic (exact) mass is 225 g/mol. The van der Waals surface area contributed by atoms with Crippen LogP contribution >= 0.6 is 11.5 Å². The number of carbonyl (C=O) groups excluding carboxylic acids is 1. The third-order valence-electron chi connectivity index (χ3n) is 1.61. The van der Waals surface area contributed by atoms with Crippen molar-refractivity contribution in [2.45, 2.75) is 6.92 Å². The van der Waals surface area contributed by atoms with Crippen molar-refractivity contribution in [2.75, 3.05) is 24.1 Å². The van der Waals surface area contributed by atoms with Crippen LogP contribution in [0.25, 0.3) is 0 Å². The summed E-state index contributed by atoms with van der Waals surface area (Å²) >= 11 is 1.14. The van der Waals surface area contributed by atoms with Crippen LogP contribution in [-0.2, 0) is 4.79 Å². The molecule has 0 aliphatic heterocycles. The number of hydrogen-bond acceptors (Lipinski definition) is 6. The van der Waals surface area contributed by atoms with Crippen molar-refractivity contribution in [1.29, 1.82) is 5.26 Å². The van der Waals surface area contributed by atoms with E-state index in [2.05, 4.69) is 15.0 Å². The second kappa shape index (κ2) is 5.17. The van der Waals surface area contributed by atoms with Gasteiger partial charge in [-0.1, -0.05) is 0 Å². The summed E-state index contributed by atoms with van der Waals surface area (Å²) in [6.45, 7) is 2.49. The molecule has 4 N–H and O–H groups in total. The smallest absolute Gasteiger partial charge is 0.216 e. The van der Waals surface area contributed by atoms with Crippen molar-refractivity contribution in [3.8, 4) is 6.07 Å². The number of rotatable bonds is 4. The van der Waals surface area contributed by atoms with E-state index in [-0.39, 0.29) is 11.7 Å². The summed E-state index contributed by atoms with van der Waals surface area (Å²) < 4.78 is 3.85. The zero-order valence-corrected chi connectivity index (χ0v) is 9.02. The molecule has 0 aliphatic carbocycles. The number of nitrogens with one attached hydrogen (secondary N) is 2. The second-order valence-electron chi connectivity index (χ2n) is 2.79. The average molecular weight is 225 g/mol. The van der Waals surface area contributed by atoms with Crippen molar-refractivity contribution in [2.24, 2.45) is 0 Å². The van der Waals surface area contributed by atoms with Gasteiger partial charge in [0.1, 0.15) is 16.6 Å². The normalized spacial score (nSPS) is 9.33. The predicted octanol–water partition coefficient (Wildman–Crippen LogP) is 0.145. The Kier molecular flexibility index (Phi) is 3.88. The van der Waals surface area contributed by atoms with Crippen LogP contribution in [0.5, 0.6) is 0 Å². The minimum absolute atomic E-state index is 0.0823. The van der Waals surface area contributed by atoms with E-state index in [9.17, 15) is 4.79 Å². The molecule has 15 heavy (non-hydrogen) atoms. The molecule has 1 aromatic rings. The first-order chi connectivity index (χ1) is 7.15. The number of nitrogens with zero attached hydrogens (tertiary/aromatic N) is 2. The molecular weight excluding hydrogens is 214 g/mol. The molecule has 0 unspecified atom stereocenters. The van der Waals surface area contributed by atoms with Crippen LogP contribution in [0, 0.1) is 11.3 Å². The summed E-state index contributed by atoms with van der Waals surface area (Å²) in [4.78, 5) is 10.6. The molecule has 1 amide bonds. The van der Waals surface area contributed by atoms with Crippen LogP contribution in [0.1, 0.15) is 12.5 Å². The van der Waals surface area contributed by atoms with E-state index in [1.165, 1.54) is 6.92 Å². The standard InChI is InChI=1S/C8H11N5OS/c1-5(14)11-2-3-12-8-6(4-9)7(10)13-15-8/h12H,2-3H2,1H3,(H2,10,13)(H,11,14). The van der Waals surface area contributed by atoms with Crippen LogP contribution < -0.4 is 16.4 Å². The molecule has 0 radical (unpaired) electrons. The van der Waals surface area contributed by atoms with Gasteiger partial charge in [-0.3, -0.25) is 4.79 Å². The predicted molar refractivity (Wildman–Crippen MR) is 58.4 cm³/mol. The highest BCUT2D eigenvalue weighted by atomic mass is 32.1. The first-order valence-electron chi connectivity index (χ1n) is 4.28. The van der Waals surface area contributed by atoms with Crippen LogP contribution in [0.4, 0.5) is 10.8 Å². The first kappa shape index (κ1) is 11.3. The Balaban J connectivity index is 2.45. The van der Waals surface area contributed by atoms with E-state index in [0.717, 1.165) is 11.5 Å². The lowest BCUT2D eigenvalue weighted by molar-refractivity contribution is -0.118. The number of nitrogen functional groups attached to an aromatic ring is 1. The lowest BCUT2D eigenvalue weighted by Gasteiger charge is -2.03. The van der Waals surface area contributed by atoms with E-state index in [0.29, 0.717) is 23.7 Å². The number of hydrogen-bond donors (Lipinski definition) is 3. The molecule has 1 aromatic heterocycles. The summed E-state index contributed by atoms with van der Waals surface area (Å²) in [5.74, 6) is 0.158. The van der Waals surface area contributed by atoms with Gasteiger partial charge >= 0.3 is 0 Å². The van der Waals surface area contributed by atoms with Crippen LogP contribution in [0.3, 0.4) is 0 Å². The zero-order valence-electron chi connectivity index (χ0n) is 8.20. The Bertz CT molecular complexity index is 394. The third kappa shape index (κ3) is 3.11. The minimum atomic E-state index is -0.0823. The van der Waals surface area contributed by atoms with E-state index in [1.54, 1.807) is 0 Å². The largest absolute Gasteiger partial charge is 0.382 e. The number of amides is 1. The van der Waals surface area contributed by atoms with Gasteiger partial charge < -0.3 is 16.4 Å². The molecule has 80 valence electrons. The third-order valence-corrected chi connectivity index (χ3v) is 2.43. The Hall–Kier alpha value is -1.81. The molecule has 0 fully saturated rings. The Labute approximate surface area is 91.3 Å². The number of anilines is 2. The molecule has 0 bridgehead atoms. The molecule has 0 aliphatic rings. The lowest BCUT2D eigenvalue weighted by Crippen LogP contribution is -2.26. The molecule has 0 atom stereocenters. The molecular formula is C8H11N5OS. The second-order valence-corrected chi connectivity index (χ2v) is 3.57. The van der Waals surface area contributed by atoms with Gasteiger partial charge in [-0.25, -0.2) is 0 Å². The summed E-state index contributed by atoms with van der Waals surface area (Å²) in [5, 5.41) is 15.0. The number of carbonyl (C=O) groups is 1. The topological polar surface area (TPSA) is 104 Å². The lowest BCUT2D eigenvalue weighted by atomic mass is 10.3. The molecule has 7 heteroatoms. The van der Waals surface area contributed by atoms with E-state index in [4.69, 9.17) is 11.0 Å². The summed E-state index contributed by atoms with van der Waals surface area (Å²) in [5.41, 5.74) is 5.84. The highest BCUT2D eigenvalue weighted by Crippen LogP contribution is 2.24. The van der Waals surface area contributed by atoms with Crippen molar-refractivity contribution in [1.82, 2.24) is 9.69 Å². The maximum Gasteiger partial charge on any atom is 0.216 e. The van der Waals surface area contributed by atoms with Gasteiger partial charge in [0.15, 0.2) is 5.82 Å². The molecule has 0 spiro atoms. The molecule has 0 saturated heterocycles. The Morgan fingerprint density at radius 2 is 2.40 bits per heavy atom. The van der Waals surface area contributed by atoms with Gasteiger partial charge in [0, 0.05) is 20.0 Å². The van der Waals surface area contributed by atoms with Gasteiger partial charge in [-0.15, -0.1) is 0 Å². The van der Waals surface area contributed by atoms with Crippen molar-refractivity contribution in [3.63, 3.8) is 0 Å². The van der Waals surface area contributed by atoms with Gasteiger partial charge in [0.2, 0.25) is 5.91 Å². The highest BCUT2D eigenvalue weighted by molar-refractivity contribution is 7.10. The van der Waals surface area contributed by atoms with Crippen LogP contribution in [-0.4, -0.2) is 23.4 Å². The molecule has 0 saturated carbocycles. The van der Waals surface area contributed by atoms with Crippen LogP contribution in [0.15, 0.2) is 0 Å². The van der Waals surface area contributed by atoms with E-state index in [1.807, 2.05) is 6.07 Å².